The van der Waals surface area contributed by atoms with E-state index in [1.807, 2.05) is 28.7 Å². The minimum atomic E-state index is 0.444. The van der Waals surface area contributed by atoms with Gasteiger partial charge in [-0.3, -0.25) is 9.36 Å². The Balaban J connectivity index is 1.86. The number of hydrogen-bond acceptors (Lipinski definition) is 4. The highest BCUT2D eigenvalue weighted by molar-refractivity contribution is 6.31. The van der Waals surface area contributed by atoms with Crippen LogP contribution in [0.5, 0.6) is 0 Å². The molecule has 104 valence electrons. The molecule has 0 bridgehead atoms. The number of hydrogen-bond donors (Lipinski definition) is 1. The highest BCUT2D eigenvalue weighted by Crippen LogP contribution is 2.11. The minimum Gasteiger partial charge on any atom is -0.309 e. The maximum absolute atomic E-state index is 5.96. The number of nitrogens with zero attached hydrogens (tertiary/aromatic N) is 5. The van der Waals surface area contributed by atoms with Crippen molar-refractivity contribution in [2.75, 3.05) is 0 Å². The second-order valence-corrected chi connectivity index (χ2v) is 5.24. The van der Waals surface area contributed by atoms with Crippen LogP contribution in [0.3, 0.4) is 0 Å². The minimum absolute atomic E-state index is 0.444. The summed E-state index contributed by atoms with van der Waals surface area (Å²) >= 11 is 5.96. The maximum Gasteiger partial charge on any atom is 0.0964 e. The van der Waals surface area contributed by atoms with Crippen LogP contribution in [0.4, 0.5) is 0 Å². The molecular formula is C12H19ClN6. The van der Waals surface area contributed by atoms with E-state index in [2.05, 4.69) is 34.6 Å². The molecule has 2 rings (SSSR count). The van der Waals surface area contributed by atoms with Crippen LogP contribution in [-0.4, -0.2) is 30.8 Å². The first kappa shape index (κ1) is 14.0. The quantitative estimate of drug-likeness (QED) is 0.875. The Kier molecular flexibility index (Phi) is 4.55. The maximum atomic E-state index is 5.96. The molecule has 0 saturated heterocycles. The molecule has 0 aromatic carbocycles. The summed E-state index contributed by atoms with van der Waals surface area (Å²) in [6.45, 7) is 8.30. The molecule has 0 saturated carbocycles. The molecule has 6 nitrogen and oxygen atoms in total. The zero-order valence-electron chi connectivity index (χ0n) is 11.5. The van der Waals surface area contributed by atoms with Crippen LogP contribution >= 0.6 is 11.6 Å². The number of aryl methyl sites for hydroxylation is 3. The molecule has 0 aliphatic carbocycles. The first-order valence-corrected chi connectivity index (χ1v) is 6.74. The van der Waals surface area contributed by atoms with E-state index in [4.69, 9.17) is 11.6 Å². The molecule has 0 spiro atoms. The third-order valence-corrected chi connectivity index (χ3v) is 3.09. The molecule has 1 N–H and O–H groups in total. The van der Waals surface area contributed by atoms with E-state index in [0.717, 1.165) is 31.0 Å². The van der Waals surface area contributed by atoms with Crippen LogP contribution < -0.4 is 5.32 Å². The Morgan fingerprint density at radius 3 is 2.63 bits per heavy atom. The van der Waals surface area contributed by atoms with Crippen molar-refractivity contribution in [2.45, 2.75) is 46.4 Å². The number of nitrogens with one attached hydrogen (secondary N) is 1. The second-order valence-electron chi connectivity index (χ2n) is 4.83. The van der Waals surface area contributed by atoms with E-state index < -0.39 is 0 Å². The molecule has 0 aliphatic rings. The molecule has 2 aromatic heterocycles. The van der Waals surface area contributed by atoms with Crippen LogP contribution in [0.1, 0.15) is 25.2 Å². The summed E-state index contributed by atoms with van der Waals surface area (Å²) in [5.74, 6) is 0. The van der Waals surface area contributed by atoms with E-state index in [1.54, 1.807) is 0 Å². The predicted octanol–water partition coefficient (Wildman–Crippen LogP) is 1.63. The lowest BCUT2D eigenvalue weighted by molar-refractivity contribution is 0.488. The highest BCUT2D eigenvalue weighted by atomic mass is 35.5. The van der Waals surface area contributed by atoms with E-state index in [9.17, 15) is 0 Å². The molecule has 2 heterocycles. The van der Waals surface area contributed by atoms with Gasteiger partial charge in [0.15, 0.2) is 0 Å². The Morgan fingerprint density at radius 1 is 1.26 bits per heavy atom. The zero-order chi connectivity index (χ0) is 13.8. The van der Waals surface area contributed by atoms with Crippen LogP contribution in [0.15, 0.2) is 12.4 Å². The summed E-state index contributed by atoms with van der Waals surface area (Å²) in [5.41, 5.74) is 1.80. The average Bonchev–Trinajstić information content (AvgIpc) is 2.92. The SMILES string of the molecule is Cc1nn(CCn2cc(CNC(C)C)nn2)cc1Cl. The van der Waals surface area contributed by atoms with Gasteiger partial charge >= 0.3 is 0 Å². The van der Waals surface area contributed by atoms with Crippen molar-refractivity contribution in [3.8, 4) is 0 Å². The lowest BCUT2D eigenvalue weighted by Gasteiger charge is -2.04. The van der Waals surface area contributed by atoms with Gasteiger partial charge in [0.1, 0.15) is 0 Å². The molecule has 0 aliphatic heterocycles. The fourth-order valence-corrected chi connectivity index (χ4v) is 1.80. The van der Waals surface area contributed by atoms with Gasteiger partial charge in [-0.15, -0.1) is 5.10 Å². The van der Waals surface area contributed by atoms with Gasteiger partial charge in [0.05, 0.1) is 29.5 Å². The van der Waals surface area contributed by atoms with Crippen molar-refractivity contribution in [3.05, 3.63) is 28.8 Å². The molecule has 0 fully saturated rings. The van der Waals surface area contributed by atoms with E-state index in [1.165, 1.54) is 0 Å². The van der Waals surface area contributed by atoms with Crippen molar-refractivity contribution in [2.24, 2.45) is 0 Å². The largest absolute Gasteiger partial charge is 0.309 e. The van der Waals surface area contributed by atoms with E-state index in [0.29, 0.717) is 11.1 Å². The summed E-state index contributed by atoms with van der Waals surface area (Å²) in [7, 11) is 0. The molecule has 19 heavy (non-hydrogen) atoms. The van der Waals surface area contributed by atoms with E-state index in [-0.39, 0.29) is 0 Å². The number of rotatable bonds is 6. The normalized spacial score (nSPS) is 11.4. The van der Waals surface area contributed by atoms with Gasteiger partial charge in [-0.1, -0.05) is 30.7 Å². The predicted molar refractivity (Wildman–Crippen MR) is 74.0 cm³/mol. The topological polar surface area (TPSA) is 60.6 Å². The Morgan fingerprint density at radius 2 is 2.00 bits per heavy atom. The van der Waals surface area contributed by atoms with Crippen molar-refractivity contribution in [1.82, 2.24) is 30.1 Å². The van der Waals surface area contributed by atoms with Gasteiger partial charge in [0.2, 0.25) is 0 Å². The lowest BCUT2D eigenvalue weighted by atomic mass is 10.3. The molecule has 0 radical (unpaired) electrons. The van der Waals surface area contributed by atoms with Gasteiger partial charge in [0.25, 0.3) is 0 Å². The summed E-state index contributed by atoms with van der Waals surface area (Å²) in [6.07, 6.45) is 3.78. The summed E-state index contributed by atoms with van der Waals surface area (Å²) in [5, 5.41) is 16.5. The average molecular weight is 283 g/mol. The second kappa shape index (κ2) is 6.16. The summed E-state index contributed by atoms with van der Waals surface area (Å²) < 4.78 is 3.65. The van der Waals surface area contributed by atoms with Crippen molar-refractivity contribution in [1.29, 1.82) is 0 Å². The van der Waals surface area contributed by atoms with Gasteiger partial charge in [-0.25, -0.2) is 0 Å². The third-order valence-electron chi connectivity index (χ3n) is 2.72. The molecule has 0 atom stereocenters. The number of aromatic nitrogens is 5. The van der Waals surface area contributed by atoms with Crippen LogP contribution in [-0.2, 0) is 19.6 Å². The summed E-state index contributed by atoms with van der Waals surface area (Å²) in [4.78, 5) is 0. The lowest BCUT2D eigenvalue weighted by Crippen LogP contribution is -2.21. The summed E-state index contributed by atoms with van der Waals surface area (Å²) in [6, 6.07) is 0.444. The Hall–Kier alpha value is -1.40. The molecule has 7 heteroatoms. The molecule has 0 unspecified atom stereocenters. The van der Waals surface area contributed by atoms with E-state index >= 15 is 0 Å². The molecule has 2 aromatic rings. The van der Waals surface area contributed by atoms with Gasteiger partial charge in [0, 0.05) is 25.0 Å². The highest BCUT2D eigenvalue weighted by Gasteiger charge is 2.04. The Labute approximate surface area is 117 Å². The van der Waals surface area contributed by atoms with Gasteiger partial charge in [-0.2, -0.15) is 5.10 Å². The first-order valence-electron chi connectivity index (χ1n) is 6.36. The monoisotopic (exact) mass is 282 g/mol. The third kappa shape index (κ3) is 4.04. The van der Waals surface area contributed by atoms with Crippen molar-refractivity contribution < 1.29 is 0 Å². The fraction of sp³-hybridized carbons (Fsp3) is 0.583. The zero-order valence-corrected chi connectivity index (χ0v) is 12.2. The number of halogens is 1. The van der Waals surface area contributed by atoms with Crippen LogP contribution in [0, 0.1) is 6.92 Å². The smallest absolute Gasteiger partial charge is 0.0964 e. The molecular weight excluding hydrogens is 264 g/mol. The first-order chi connectivity index (χ1) is 9.04. The van der Waals surface area contributed by atoms with Gasteiger partial charge < -0.3 is 5.32 Å². The van der Waals surface area contributed by atoms with Crippen LogP contribution in [0.2, 0.25) is 5.02 Å². The van der Waals surface area contributed by atoms with Crippen molar-refractivity contribution >= 4 is 11.6 Å². The Bertz CT molecular complexity index is 511. The van der Waals surface area contributed by atoms with Crippen LogP contribution in [0.25, 0.3) is 0 Å². The molecule has 0 amide bonds. The van der Waals surface area contributed by atoms with Crippen molar-refractivity contribution in [3.63, 3.8) is 0 Å². The fourth-order valence-electron chi connectivity index (χ4n) is 1.65. The standard InChI is InChI=1S/C12H19ClN6/c1-9(2)14-6-11-7-19(17-15-11)5-4-18-8-12(13)10(3)16-18/h7-9,14H,4-6H2,1-3H3. The van der Waals surface area contributed by atoms with Gasteiger partial charge in [-0.05, 0) is 6.92 Å².